The molecule has 1 N–H and O–H groups in total. The molecule has 0 radical (unpaired) electrons. The molecule has 0 amide bonds. The Kier molecular flexibility index (Phi) is 8.54. The number of nitrogens with zero attached hydrogens (tertiary/aromatic N) is 1. The predicted molar refractivity (Wildman–Crippen MR) is 74.4 cm³/mol. The first kappa shape index (κ1) is 16.4. The lowest BCUT2D eigenvalue weighted by molar-refractivity contribution is -0.904. The first-order chi connectivity index (χ1) is 8.26. The van der Waals surface area contributed by atoms with Crippen molar-refractivity contribution in [1.82, 2.24) is 0 Å². The van der Waals surface area contributed by atoms with E-state index in [9.17, 15) is 0 Å². The summed E-state index contributed by atoms with van der Waals surface area (Å²) in [4.78, 5) is 0. The Balaban J connectivity index is 0.000000306. The van der Waals surface area contributed by atoms with Gasteiger partial charge in [-0.05, 0) is 12.8 Å². The molecule has 0 atom stereocenters. The highest BCUT2D eigenvalue weighted by atomic mass is 35.5. The minimum Gasteiger partial charge on any atom is -0.285 e. The van der Waals surface area contributed by atoms with E-state index in [-0.39, 0.29) is 12.4 Å². The van der Waals surface area contributed by atoms with Crippen molar-refractivity contribution < 1.29 is 9.94 Å². The minimum atomic E-state index is 0. The second-order valence-corrected chi connectivity index (χ2v) is 4.11. The predicted octanol–water partition coefficient (Wildman–Crippen LogP) is 2.81. The highest BCUT2D eigenvalue weighted by molar-refractivity contribution is 5.85. The van der Waals surface area contributed by atoms with Crippen molar-refractivity contribution in [2.75, 3.05) is 0 Å². The van der Waals surface area contributed by atoms with E-state index in [2.05, 4.69) is 11.8 Å². The van der Waals surface area contributed by atoms with Crippen molar-refractivity contribution in [2.45, 2.75) is 32.1 Å². The summed E-state index contributed by atoms with van der Waals surface area (Å²) in [6.07, 6.45) is 19.9. The number of aromatic nitrogens is 1. The van der Waals surface area contributed by atoms with Gasteiger partial charge in [0, 0.05) is 28.3 Å². The number of terminal acetylenes is 2. The quantitative estimate of drug-likeness (QED) is 0.435. The van der Waals surface area contributed by atoms with Gasteiger partial charge in [-0.15, -0.1) is 31.2 Å². The first-order valence-corrected chi connectivity index (χ1v) is 5.89. The van der Waals surface area contributed by atoms with E-state index in [1.165, 1.54) is 44.5 Å². The molecule has 0 saturated heterocycles. The third-order valence-corrected chi connectivity index (χ3v) is 2.82. The van der Waals surface area contributed by atoms with Crippen LogP contribution in [0.1, 0.15) is 37.7 Å². The Morgan fingerprint density at radius 3 is 2.06 bits per heavy atom. The van der Waals surface area contributed by atoms with Crippen molar-refractivity contribution in [1.29, 1.82) is 0 Å². The van der Waals surface area contributed by atoms with Gasteiger partial charge in [-0.1, -0.05) is 25.2 Å². The zero-order chi connectivity index (χ0) is 12.5. The van der Waals surface area contributed by atoms with E-state index in [1.807, 2.05) is 0 Å². The van der Waals surface area contributed by atoms with Crippen molar-refractivity contribution >= 4 is 12.4 Å². The molecule has 96 valence electrons. The highest BCUT2D eigenvalue weighted by Gasteiger charge is 2.08. The van der Waals surface area contributed by atoms with E-state index in [1.54, 1.807) is 12.1 Å². The van der Waals surface area contributed by atoms with Gasteiger partial charge in [0.1, 0.15) is 0 Å². The zero-order valence-electron chi connectivity index (χ0n) is 10.4. The molecule has 0 spiro atoms. The molecular formula is C15H19ClNO+. The van der Waals surface area contributed by atoms with Gasteiger partial charge >= 0.3 is 0 Å². The van der Waals surface area contributed by atoms with Crippen molar-refractivity contribution in [2.24, 2.45) is 5.92 Å². The fourth-order valence-electron chi connectivity index (χ4n) is 1.78. The largest absolute Gasteiger partial charge is 0.285 e. The highest BCUT2D eigenvalue weighted by Crippen LogP contribution is 2.22. The van der Waals surface area contributed by atoms with E-state index in [0.29, 0.717) is 5.92 Å². The average molecular weight is 265 g/mol. The lowest BCUT2D eigenvalue weighted by Gasteiger charge is -2.14. The molecule has 1 fully saturated rings. The van der Waals surface area contributed by atoms with Gasteiger partial charge in [0.05, 0.1) is 0 Å². The summed E-state index contributed by atoms with van der Waals surface area (Å²) in [7, 11) is 0. The fraction of sp³-hybridized carbons (Fsp3) is 0.400. The molecule has 1 heterocycles. The third kappa shape index (κ3) is 6.18. The molecule has 2 rings (SSSR count). The molecule has 0 bridgehead atoms. The molecule has 1 aliphatic carbocycles. The molecule has 1 aliphatic rings. The first-order valence-electron chi connectivity index (χ1n) is 5.89. The molecule has 2 nitrogen and oxygen atoms in total. The maximum Gasteiger partial charge on any atom is 0.223 e. The summed E-state index contributed by atoms with van der Waals surface area (Å²) in [6.45, 7) is 0. The third-order valence-electron chi connectivity index (χ3n) is 2.82. The van der Waals surface area contributed by atoms with Gasteiger partial charge in [0.2, 0.25) is 12.4 Å². The van der Waals surface area contributed by atoms with Crippen LogP contribution in [0.5, 0.6) is 0 Å². The van der Waals surface area contributed by atoms with Gasteiger partial charge < -0.3 is 0 Å². The van der Waals surface area contributed by atoms with Crippen molar-refractivity contribution in [3.8, 4) is 24.7 Å². The monoisotopic (exact) mass is 264 g/mol. The Morgan fingerprint density at radius 1 is 1.11 bits per heavy atom. The summed E-state index contributed by atoms with van der Waals surface area (Å²) in [5.41, 5.74) is 0.764. The minimum absolute atomic E-state index is 0. The van der Waals surface area contributed by atoms with Crippen LogP contribution in [0.4, 0.5) is 0 Å². The molecule has 1 saturated carbocycles. The van der Waals surface area contributed by atoms with Crippen LogP contribution < -0.4 is 4.73 Å². The van der Waals surface area contributed by atoms with Crippen molar-refractivity contribution in [3.63, 3.8) is 0 Å². The van der Waals surface area contributed by atoms with Crippen LogP contribution in [0.15, 0.2) is 24.5 Å². The van der Waals surface area contributed by atoms with Crippen LogP contribution in [-0.2, 0) is 0 Å². The van der Waals surface area contributed by atoms with Crippen LogP contribution in [0.3, 0.4) is 0 Å². The smallest absolute Gasteiger partial charge is 0.223 e. The van der Waals surface area contributed by atoms with E-state index in [0.717, 1.165) is 10.3 Å². The van der Waals surface area contributed by atoms with Crippen molar-refractivity contribution in [3.05, 3.63) is 30.1 Å². The Bertz CT molecular complexity index is 408. The van der Waals surface area contributed by atoms with E-state index in [4.69, 9.17) is 18.1 Å². The average Bonchev–Trinajstić information content (AvgIpc) is 2.41. The second-order valence-electron chi connectivity index (χ2n) is 4.11. The lowest BCUT2D eigenvalue weighted by Crippen LogP contribution is -2.27. The van der Waals surface area contributed by atoms with Gasteiger partial charge in [0.25, 0.3) is 0 Å². The van der Waals surface area contributed by atoms with E-state index < -0.39 is 0 Å². The maximum atomic E-state index is 8.70. The second kappa shape index (κ2) is 9.40. The van der Waals surface area contributed by atoms with Crippen LogP contribution in [0, 0.1) is 30.6 Å². The van der Waals surface area contributed by atoms with Crippen LogP contribution in [0.25, 0.3) is 0 Å². The molecule has 0 aliphatic heterocycles. The summed E-state index contributed by atoms with van der Waals surface area (Å²) in [5, 5.41) is 8.70. The number of pyridine rings is 1. The molecule has 0 unspecified atom stereocenters. The molecule has 1 aromatic heterocycles. The topological polar surface area (TPSA) is 24.1 Å². The Hall–Kier alpha value is -1.64. The van der Waals surface area contributed by atoms with Gasteiger partial charge in [-0.2, -0.15) is 0 Å². The van der Waals surface area contributed by atoms with Crippen LogP contribution >= 0.6 is 12.4 Å². The van der Waals surface area contributed by atoms with Gasteiger partial charge in [-0.3, -0.25) is 5.21 Å². The number of hydrogen-bond donors (Lipinski definition) is 1. The fourth-order valence-corrected chi connectivity index (χ4v) is 1.78. The number of hydrogen-bond acceptors (Lipinski definition) is 1. The van der Waals surface area contributed by atoms with Crippen LogP contribution in [-0.4, -0.2) is 5.21 Å². The summed E-state index contributed by atoms with van der Waals surface area (Å²) < 4.78 is 0.945. The molecule has 18 heavy (non-hydrogen) atoms. The molecule has 1 aromatic rings. The standard InChI is InChI=1S/C8H12.C7H6NO.ClH/c1-2-8-6-4-3-5-7-8;1-2-7-3-5-8(9)6-4-7;/h1,8H,3-7H2;1,3-6,9H;1H/q;+1;. The SMILES string of the molecule is C#CC1CCCCC1.C#Cc1cc[n+](O)cc1.Cl. The Labute approximate surface area is 115 Å². The lowest BCUT2D eigenvalue weighted by atomic mass is 9.90. The molecule has 0 aromatic carbocycles. The summed E-state index contributed by atoms with van der Waals surface area (Å²) >= 11 is 0. The van der Waals surface area contributed by atoms with E-state index >= 15 is 0 Å². The number of rotatable bonds is 0. The maximum absolute atomic E-state index is 8.70. The Morgan fingerprint density at radius 2 is 1.67 bits per heavy atom. The summed E-state index contributed by atoms with van der Waals surface area (Å²) in [5.74, 6) is 5.85. The zero-order valence-corrected chi connectivity index (χ0v) is 11.2. The summed E-state index contributed by atoms with van der Waals surface area (Å²) in [6, 6.07) is 3.31. The number of halogens is 1. The van der Waals surface area contributed by atoms with Gasteiger partial charge in [-0.25, -0.2) is 0 Å². The van der Waals surface area contributed by atoms with Crippen LogP contribution in [0.2, 0.25) is 0 Å². The van der Waals surface area contributed by atoms with Gasteiger partial charge in [0.15, 0.2) is 0 Å². The normalized spacial score (nSPS) is 14.1. The molecular weight excluding hydrogens is 246 g/mol. The molecule has 3 heteroatoms.